The Hall–Kier alpha value is -2.01. The molecule has 0 radical (unpaired) electrons. The van der Waals surface area contributed by atoms with Gasteiger partial charge in [0.15, 0.2) is 17.2 Å². The van der Waals surface area contributed by atoms with Crippen molar-refractivity contribution in [3.05, 3.63) is 69.9 Å². The third kappa shape index (κ3) is 2.04. The number of rotatable bonds is 2. The molecule has 0 amide bonds. The van der Waals surface area contributed by atoms with E-state index in [0.29, 0.717) is 5.39 Å². The van der Waals surface area contributed by atoms with Crippen LogP contribution in [0, 0.1) is 11.6 Å². The zero-order chi connectivity index (χ0) is 14.3. The lowest BCUT2D eigenvalue weighted by atomic mass is 10.1. The number of halogens is 3. The van der Waals surface area contributed by atoms with Crippen LogP contribution in [0.4, 0.5) is 8.78 Å². The second kappa shape index (κ2) is 4.83. The quantitative estimate of drug-likeness (QED) is 0.634. The van der Waals surface area contributed by atoms with Gasteiger partial charge in [-0.2, -0.15) is 0 Å². The van der Waals surface area contributed by atoms with Crippen LogP contribution in [0.2, 0.25) is 0 Å². The molecule has 0 N–H and O–H groups in total. The Bertz CT molecular complexity index is 824. The van der Waals surface area contributed by atoms with Crippen LogP contribution in [-0.2, 0) is 0 Å². The molecule has 5 heteroatoms. The van der Waals surface area contributed by atoms with Gasteiger partial charge in [-0.25, -0.2) is 8.78 Å². The summed E-state index contributed by atoms with van der Waals surface area (Å²) >= 11 is 3.02. The molecule has 0 spiro atoms. The Morgan fingerprint density at radius 3 is 2.60 bits per heavy atom. The predicted molar refractivity (Wildman–Crippen MR) is 73.7 cm³/mol. The molecular weight excluding hydrogens is 330 g/mol. The van der Waals surface area contributed by atoms with Crippen molar-refractivity contribution < 1.29 is 18.0 Å². The lowest BCUT2D eigenvalue weighted by molar-refractivity contribution is 0.101. The van der Waals surface area contributed by atoms with Gasteiger partial charge in [-0.3, -0.25) is 4.79 Å². The average molecular weight is 337 g/mol. The Kier molecular flexibility index (Phi) is 3.14. The lowest BCUT2D eigenvalue weighted by Gasteiger charge is -2.01. The van der Waals surface area contributed by atoms with Gasteiger partial charge in [0.1, 0.15) is 5.82 Å². The minimum Gasteiger partial charge on any atom is -0.449 e. The highest BCUT2D eigenvalue weighted by molar-refractivity contribution is 9.10. The van der Waals surface area contributed by atoms with E-state index in [2.05, 4.69) is 15.9 Å². The fourth-order valence-corrected chi connectivity index (χ4v) is 2.32. The van der Waals surface area contributed by atoms with E-state index in [9.17, 15) is 13.6 Å². The Balaban J connectivity index is 2.13. The van der Waals surface area contributed by atoms with Crippen molar-refractivity contribution in [1.29, 1.82) is 0 Å². The van der Waals surface area contributed by atoms with Crippen molar-refractivity contribution in [3.63, 3.8) is 0 Å². The topological polar surface area (TPSA) is 30.2 Å². The SMILES string of the molecule is O=C(c1cc2cccc(F)c2o1)c1cccc(Br)c1F. The molecule has 2 aromatic carbocycles. The zero-order valence-electron chi connectivity index (χ0n) is 9.99. The van der Waals surface area contributed by atoms with Crippen LogP contribution in [-0.4, -0.2) is 5.78 Å². The smallest absolute Gasteiger partial charge is 0.231 e. The lowest BCUT2D eigenvalue weighted by Crippen LogP contribution is -2.03. The van der Waals surface area contributed by atoms with Crippen molar-refractivity contribution >= 4 is 32.7 Å². The van der Waals surface area contributed by atoms with E-state index in [-0.39, 0.29) is 21.4 Å². The van der Waals surface area contributed by atoms with Crippen molar-refractivity contribution in [2.24, 2.45) is 0 Å². The van der Waals surface area contributed by atoms with Gasteiger partial charge in [0.2, 0.25) is 5.78 Å². The van der Waals surface area contributed by atoms with E-state index in [0.717, 1.165) is 0 Å². The molecule has 1 aromatic heterocycles. The summed E-state index contributed by atoms with van der Waals surface area (Å²) in [5.41, 5.74) is -0.134. The predicted octanol–water partition coefficient (Wildman–Crippen LogP) is 4.70. The first-order chi connectivity index (χ1) is 9.58. The van der Waals surface area contributed by atoms with E-state index in [1.807, 2.05) is 0 Å². The fraction of sp³-hybridized carbons (Fsp3) is 0. The van der Waals surface area contributed by atoms with Crippen LogP contribution >= 0.6 is 15.9 Å². The first-order valence-electron chi connectivity index (χ1n) is 5.74. The molecule has 1 heterocycles. The molecule has 0 aliphatic heterocycles. The zero-order valence-corrected chi connectivity index (χ0v) is 11.6. The molecule has 3 rings (SSSR count). The molecule has 2 nitrogen and oxygen atoms in total. The molecule has 0 atom stereocenters. The normalized spacial score (nSPS) is 10.9. The molecule has 0 saturated heterocycles. The number of hydrogen-bond donors (Lipinski definition) is 0. The summed E-state index contributed by atoms with van der Waals surface area (Å²) in [6.45, 7) is 0. The first kappa shape index (κ1) is 13.0. The number of carbonyl (C=O) groups excluding carboxylic acids is 1. The standard InChI is InChI=1S/C15H7BrF2O2/c16-10-5-2-4-9(13(10)18)14(19)12-7-8-3-1-6-11(17)15(8)20-12/h1-7H. The second-order valence-corrected chi connectivity index (χ2v) is 5.05. The molecule has 0 aliphatic carbocycles. The van der Waals surface area contributed by atoms with Crippen LogP contribution in [0.5, 0.6) is 0 Å². The van der Waals surface area contributed by atoms with Gasteiger partial charge in [0, 0.05) is 5.39 Å². The highest BCUT2D eigenvalue weighted by Crippen LogP contribution is 2.26. The maximum Gasteiger partial charge on any atom is 0.231 e. The van der Waals surface area contributed by atoms with Crippen LogP contribution in [0.3, 0.4) is 0 Å². The summed E-state index contributed by atoms with van der Waals surface area (Å²) in [5.74, 6) is -1.95. The van der Waals surface area contributed by atoms with Gasteiger partial charge >= 0.3 is 0 Å². The minimum absolute atomic E-state index is 0.00810. The number of fused-ring (bicyclic) bond motifs is 1. The van der Waals surface area contributed by atoms with Gasteiger partial charge in [0.25, 0.3) is 0 Å². The summed E-state index contributed by atoms with van der Waals surface area (Å²) in [7, 11) is 0. The molecule has 0 unspecified atom stereocenters. The molecule has 100 valence electrons. The van der Waals surface area contributed by atoms with Gasteiger partial charge in [-0.1, -0.05) is 18.2 Å². The highest BCUT2D eigenvalue weighted by Gasteiger charge is 2.20. The van der Waals surface area contributed by atoms with E-state index in [4.69, 9.17) is 4.42 Å². The molecule has 0 saturated carbocycles. The summed E-state index contributed by atoms with van der Waals surface area (Å²) < 4.78 is 32.8. The Labute approximate surface area is 121 Å². The number of para-hydroxylation sites is 1. The first-order valence-corrected chi connectivity index (χ1v) is 6.54. The van der Waals surface area contributed by atoms with E-state index in [1.165, 1.54) is 30.3 Å². The third-order valence-electron chi connectivity index (χ3n) is 2.92. The molecule has 0 bridgehead atoms. The van der Waals surface area contributed by atoms with E-state index in [1.54, 1.807) is 12.1 Å². The van der Waals surface area contributed by atoms with Crippen LogP contribution in [0.25, 0.3) is 11.0 Å². The third-order valence-corrected chi connectivity index (χ3v) is 3.53. The van der Waals surface area contributed by atoms with Crippen molar-refractivity contribution in [2.75, 3.05) is 0 Å². The molecular formula is C15H7BrF2O2. The van der Waals surface area contributed by atoms with E-state index < -0.39 is 17.4 Å². The van der Waals surface area contributed by atoms with E-state index >= 15 is 0 Å². The van der Waals surface area contributed by atoms with Crippen molar-refractivity contribution in [2.45, 2.75) is 0 Å². The van der Waals surface area contributed by atoms with Crippen molar-refractivity contribution in [1.82, 2.24) is 0 Å². The number of hydrogen-bond acceptors (Lipinski definition) is 2. The summed E-state index contributed by atoms with van der Waals surface area (Å²) in [6, 6.07) is 10.2. The number of ketones is 1. The molecule has 20 heavy (non-hydrogen) atoms. The molecule has 0 fully saturated rings. The summed E-state index contributed by atoms with van der Waals surface area (Å²) in [5, 5.41) is 0.462. The van der Waals surface area contributed by atoms with Crippen LogP contribution in [0.1, 0.15) is 16.1 Å². The summed E-state index contributed by atoms with van der Waals surface area (Å²) in [4.78, 5) is 12.2. The number of carbonyl (C=O) groups is 1. The number of benzene rings is 2. The molecule has 3 aromatic rings. The summed E-state index contributed by atoms with van der Waals surface area (Å²) in [6.07, 6.45) is 0. The highest BCUT2D eigenvalue weighted by atomic mass is 79.9. The Morgan fingerprint density at radius 2 is 1.85 bits per heavy atom. The Morgan fingerprint density at radius 1 is 1.10 bits per heavy atom. The van der Waals surface area contributed by atoms with Gasteiger partial charge in [0.05, 0.1) is 10.0 Å². The monoisotopic (exact) mass is 336 g/mol. The average Bonchev–Trinajstić information content (AvgIpc) is 2.87. The largest absolute Gasteiger partial charge is 0.449 e. The van der Waals surface area contributed by atoms with Gasteiger partial charge < -0.3 is 4.42 Å². The van der Waals surface area contributed by atoms with Crippen LogP contribution < -0.4 is 0 Å². The minimum atomic E-state index is -0.668. The maximum atomic E-state index is 13.9. The van der Waals surface area contributed by atoms with Crippen molar-refractivity contribution in [3.8, 4) is 0 Å². The van der Waals surface area contributed by atoms with Gasteiger partial charge in [-0.05, 0) is 40.2 Å². The van der Waals surface area contributed by atoms with Crippen LogP contribution in [0.15, 0.2) is 51.4 Å². The fourth-order valence-electron chi connectivity index (χ4n) is 1.95. The number of furan rings is 1. The maximum absolute atomic E-state index is 13.9. The second-order valence-electron chi connectivity index (χ2n) is 4.20. The van der Waals surface area contributed by atoms with Gasteiger partial charge in [-0.15, -0.1) is 0 Å². The molecule has 0 aliphatic rings.